The van der Waals surface area contributed by atoms with Crippen LogP contribution in [0.25, 0.3) is 0 Å². The second-order valence-corrected chi connectivity index (χ2v) is 5.06. The van der Waals surface area contributed by atoms with Crippen LogP contribution in [0.5, 0.6) is 0 Å². The number of nitrogens with zero attached hydrogens (tertiary/aromatic N) is 3. The van der Waals surface area contributed by atoms with Crippen molar-refractivity contribution < 1.29 is 9.57 Å². The summed E-state index contributed by atoms with van der Waals surface area (Å²) in [6.07, 6.45) is 6.61. The van der Waals surface area contributed by atoms with Gasteiger partial charge in [0, 0.05) is 28.0 Å². The molecule has 0 aliphatic carbocycles. The molecule has 1 aromatic heterocycles. The number of hydrogen-bond acceptors (Lipinski definition) is 4. The Balaban J connectivity index is 2.15. The van der Waals surface area contributed by atoms with E-state index in [4.69, 9.17) is 27.9 Å². The standard InChI is InChI=1S/C14H15Cl2N3O2/c1-20-18-5-7-21-14(9-19-6-4-17-10-19)12-3-2-11(15)8-13(12)16/h2-6,8,10,14H,7,9H2,1H3. The van der Waals surface area contributed by atoms with Crippen LogP contribution in [0.2, 0.25) is 10.0 Å². The minimum Gasteiger partial charge on any atom is -0.399 e. The summed E-state index contributed by atoms with van der Waals surface area (Å²) < 4.78 is 7.74. The first-order valence-electron chi connectivity index (χ1n) is 6.28. The molecule has 0 N–H and O–H groups in total. The molecular weight excluding hydrogens is 313 g/mol. The lowest BCUT2D eigenvalue weighted by Gasteiger charge is -2.19. The Labute approximate surface area is 133 Å². The van der Waals surface area contributed by atoms with Gasteiger partial charge in [-0.15, -0.1) is 0 Å². The van der Waals surface area contributed by atoms with Gasteiger partial charge in [0.15, 0.2) is 0 Å². The van der Waals surface area contributed by atoms with Gasteiger partial charge in [-0.1, -0.05) is 34.4 Å². The predicted molar refractivity (Wildman–Crippen MR) is 82.9 cm³/mol. The first-order chi connectivity index (χ1) is 10.2. The zero-order valence-corrected chi connectivity index (χ0v) is 13.0. The SMILES string of the molecule is CON=CCOC(Cn1ccnc1)c1ccc(Cl)cc1Cl. The number of aromatic nitrogens is 2. The average molecular weight is 328 g/mol. The monoisotopic (exact) mass is 327 g/mol. The van der Waals surface area contributed by atoms with Gasteiger partial charge in [0.1, 0.15) is 13.2 Å². The summed E-state index contributed by atoms with van der Waals surface area (Å²) in [5.74, 6) is 0. The van der Waals surface area contributed by atoms with Crippen LogP contribution >= 0.6 is 23.2 Å². The van der Waals surface area contributed by atoms with Crippen LogP contribution in [-0.2, 0) is 16.1 Å². The lowest BCUT2D eigenvalue weighted by Crippen LogP contribution is -2.13. The molecule has 0 saturated carbocycles. The minimum absolute atomic E-state index is 0.243. The number of hydrogen-bond donors (Lipinski definition) is 0. The second kappa shape index (κ2) is 8.02. The molecule has 1 aromatic carbocycles. The highest BCUT2D eigenvalue weighted by Crippen LogP contribution is 2.29. The smallest absolute Gasteiger partial charge is 0.106 e. The molecule has 21 heavy (non-hydrogen) atoms. The summed E-state index contributed by atoms with van der Waals surface area (Å²) in [6, 6.07) is 5.35. The number of ether oxygens (including phenoxy) is 1. The number of imidazole rings is 1. The van der Waals surface area contributed by atoms with E-state index in [2.05, 4.69) is 15.0 Å². The molecule has 1 unspecified atom stereocenters. The van der Waals surface area contributed by atoms with E-state index in [1.165, 1.54) is 7.11 Å². The highest BCUT2D eigenvalue weighted by atomic mass is 35.5. The lowest BCUT2D eigenvalue weighted by molar-refractivity contribution is 0.0677. The largest absolute Gasteiger partial charge is 0.399 e. The van der Waals surface area contributed by atoms with Crippen LogP contribution in [0.3, 0.4) is 0 Å². The fourth-order valence-electron chi connectivity index (χ4n) is 1.85. The summed E-state index contributed by atoms with van der Waals surface area (Å²) in [4.78, 5) is 8.63. The number of benzene rings is 1. The minimum atomic E-state index is -0.243. The Morgan fingerprint density at radius 3 is 2.95 bits per heavy atom. The zero-order chi connectivity index (χ0) is 15.1. The Bertz CT molecular complexity index is 588. The van der Waals surface area contributed by atoms with E-state index in [9.17, 15) is 0 Å². The maximum absolute atomic E-state index is 6.26. The van der Waals surface area contributed by atoms with Crippen molar-refractivity contribution in [2.24, 2.45) is 5.16 Å². The summed E-state index contributed by atoms with van der Waals surface area (Å²) >= 11 is 12.2. The maximum atomic E-state index is 6.26. The van der Waals surface area contributed by atoms with Crippen LogP contribution in [-0.4, -0.2) is 29.5 Å². The molecule has 0 aliphatic heterocycles. The first-order valence-corrected chi connectivity index (χ1v) is 7.03. The third-order valence-corrected chi connectivity index (χ3v) is 3.36. The van der Waals surface area contributed by atoms with Crippen molar-refractivity contribution in [3.8, 4) is 0 Å². The molecule has 1 heterocycles. The van der Waals surface area contributed by atoms with E-state index in [-0.39, 0.29) is 6.10 Å². The molecule has 1 atom stereocenters. The predicted octanol–water partition coefficient (Wildman–Crippen LogP) is 3.58. The van der Waals surface area contributed by atoms with Crippen molar-refractivity contribution >= 4 is 29.4 Å². The van der Waals surface area contributed by atoms with E-state index in [1.54, 1.807) is 30.9 Å². The Kier molecular flexibility index (Phi) is 6.04. The molecular formula is C14H15Cl2N3O2. The van der Waals surface area contributed by atoms with Crippen molar-refractivity contribution in [3.63, 3.8) is 0 Å². The molecule has 0 fully saturated rings. The molecule has 0 bridgehead atoms. The Morgan fingerprint density at radius 1 is 1.43 bits per heavy atom. The molecule has 0 aliphatic rings. The summed E-state index contributed by atoms with van der Waals surface area (Å²) in [5, 5.41) is 4.80. The Hall–Kier alpha value is -1.56. The van der Waals surface area contributed by atoms with E-state index >= 15 is 0 Å². The maximum Gasteiger partial charge on any atom is 0.106 e. The van der Waals surface area contributed by atoms with Crippen LogP contribution in [0.1, 0.15) is 11.7 Å². The van der Waals surface area contributed by atoms with Crippen molar-refractivity contribution in [2.45, 2.75) is 12.6 Å². The van der Waals surface area contributed by atoms with Crippen LogP contribution < -0.4 is 0 Å². The van der Waals surface area contributed by atoms with E-state index in [0.717, 1.165) is 5.56 Å². The topological polar surface area (TPSA) is 48.6 Å². The fraction of sp³-hybridized carbons (Fsp3) is 0.286. The summed E-state index contributed by atoms with van der Waals surface area (Å²) in [5.41, 5.74) is 0.862. The van der Waals surface area contributed by atoms with Gasteiger partial charge in [-0.3, -0.25) is 0 Å². The zero-order valence-electron chi connectivity index (χ0n) is 11.4. The first kappa shape index (κ1) is 15.8. The van der Waals surface area contributed by atoms with Gasteiger partial charge in [-0.25, -0.2) is 4.98 Å². The number of halogens is 2. The molecule has 2 aromatic rings. The molecule has 0 radical (unpaired) electrons. The van der Waals surface area contributed by atoms with Crippen molar-refractivity contribution in [3.05, 3.63) is 52.5 Å². The van der Waals surface area contributed by atoms with Crippen molar-refractivity contribution in [1.82, 2.24) is 9.55 Å². The van der Waals surface area contributed by atoms with Gasteiger partial charge in [0.2, 0.25) is 0 Å². The summed E-state index contributed by atoms with van der Waals surface area (Å²) in [6.45, 7) is 0.897. The molecule has 0 amide bonds. The lowest BCUT2D eigenvalue weighted by atomic mass is 10.1. The third kappa shape index (κ3) is 4.74. The molecule has 0 saturated heterocycles. The molecule has 5 nitrogen and oxygen atoms in total. The normalized spacial score (nSPS) is 12.7. The van der Waals surface area contributed by atoms with Crippen LogP contribution in [0.4, 0.5) is 0 Å². The van der Waals surface area contributed by atoms with Gasteiger partial charge in [-0.2, -0.15) is 0 Å². The molecule has 0 spiro atoms. The van der Waals surface area contributed by atoms with Gasteiger partial charge in [-0.05, 0) is 12.1 Å². The highest BCUT2D eigenvalue weighted by Gasteiger charge is 2.16. The third-order valence-electron chi connectivity index (χ3n) is 2.80. The molecule has 112 valence electrons. The Morgan fingerprint density at radius 2 is 2.29 bits per heavy atom. The number of rotatable bonds is 7. The second-order valence-electron chi connectivity index (χ2n) is 4.22. The van der Waals surface area contributed by atoms with Crippen LogP contribution in [0.15, 0.2) is 42.1 Å². The fourth-order valence-corrected chi connectivity index (χ4v) is 2.38. The molecule has 7 heteroatoms. The van der Waals surface area contributed by atoms with Gasteiger partial charge >= 0.3 is 0 Å². The van der Waals surface area contributed by atoms with E-state index < -0.39 is 0 Å². The summed E-state index contributed by atoms with van der Waals surface area (Å²) in [7, 11) is 1.48. The van der Waals surface area contributed by atoms with Gasteiger partial charge in [0.05, 0.1) is 25.7 Å². The number of oxime groups is 1. The molecule has 2 rings (SSSR count). The van der Waals surface area contributed by atoms with Crippen LogP contribution in [0, 0.1) is 0 Å². The quantitative estimate of drug-likeness (QED) is 0.576. The van der Waals surface area contributed by atoms with Gasteiger partial charge < -0.3 is 14.1 Å². The average Bonchev–Trinajstić information content (AvgIpc) is 2.95. The van der Waals surface area contributed by atoms with Crippen molar-refractivity contribution in [2.75, 3.05) is 13.7 Å². The van der Waals surface area contributed by atoms with E-state index in [1.807, 2.05) is 16.8 Å². The van der Waals surface area contributed by atoms with E-state index in [0.29, 0.717) is 23.2 Å². The highest BCUT2D eigenvalue weighted by molar-refractivity contribution is 6.35. The van der Waals surface area contributed by atoms with Crippen molar-refractivity contribution in [1.29, 1.82) is 0 Å². The van der Waals surface area contributed by atoms with Gasteiger partial charge in [0.25, 0.3) is 0 Å².